The van der Waals surface area contributed by atoms with E-state index in [-0.39, 0.29) is 29.8 Å². The number of pyridine rings is 1. The third-order valence-electron chi connectivity index (χ3n) is 6.68. The fourth-order valence-corrected chi connectivity index (χ4v) is 5.15. The Balaban J connectivity index is 1.57. The van der Waals surface area contributed by atoms with E-state index < -0.39 is 5.82 Å². The minimum absolute atomic E-state index is 0.0533. The van der Waals surface area contributed by atoms with Crippen LogP contribution in [0.25, 0.3) is 22.0 Å². The summed E-state index contributed by atoms with van der Waals surface area (Å²) in [6.07, 6.45) is 4.45. The van der Waals surface area contributed by atoms with Crippen LogP contribution in [-0.2, 0) is 11.8 Å². The van der Waals surface area contributed by atoms with E-state index in [9.17, 15) is 9.59 Å². The summed E-state index contributed by atoms with van der Waals surface area (Å²) in [6.45, 7) is 4.08. The average molecular weight is 515 g/mol. The molecule has 1 aliphatic rings. The predicted molar refractivity (Wildman–Crippen MR) is 140 cm³/mol. The van der Waals surface area contributed by atoms with E-state index in [4.69, 9.17) is 11.6 Å². The first kappa shape index (κ1) is 25.9. The number of nitrogens with one attached hydrogen (secondary N) is 2. The number of carbonyl (C=O) groups excluding carboxylic acids is 2. The average Bonchev–Trinajstić information content (AvgIpc) is 3.17. The highest BCUT2D eigenvalue weighted by Crippen LogP contribution is 2.35. The molecule has 2 heterocycles. The van der Waals surface area contributed by atoms with Gasteiger partial charge in [0.05, 0.1) is 5.02 Å². The molecule has 192 valence electrons. The summed E-state index contributed by atoms with van der Waals surface area (Å²) in [4.78, 5) is 30.8. The van der Waals surface area contributed by atoms with Crippen LogP contribution in [0.1, 0.15) is 51.1 Å². The van der Waals surface area contributed by atoms with Gasteiger partial charge in [0.1, 0.15) is 11.3 Å². The summed E-state index contributed by atoms with van der Waals surface area (Å²) < 4.78 is 16.7. The van der Waals surface area contributed by atoms with Gasteiger partial charge in [-0.3, -0.25) is 9.48 Å². The third-order valence-corrected chi connectivity index (χ3v) is 6.98. The van der Waals surface area contributed by atoms with Gasteiger partial charge < -0.3 is 15.5 Å². The molecule has 0 bridgehead atoms. The maximum Gasteiger partial charge on any atom is 0.317 e. The van der Waals surface area contributed by atoms with Gasteiger partial charge in [-0.1, -0.05) is 31.9 Å². The highest BCUT2D eigenvalue weighted by Gasteiger charge is 2.29. The first-order valence-corrected chi connectivity index (χ1v) is 12.5. The number of nitrogens with zero attached hydrogens (tertiary/aromatic N) is 4. The molecule has 0 saturated heterocycles. The molecule has 2 atom stereocenters. The number of benzene rings is 1. The lowest BCUT2D eigenvalue weighted by Gasteiger charge is -2.29. The van der Waals surface area contributed by atoms with E-state index >= 15 is 4.39 Å². The van der Waals surface area contributed by atoms with Crippen LogP contribution in [0.5, 0.6) is 0 Å². The minimum atomic E-state index is -0.434. The van der Waals surface area contributed by atoms with Crippen molar-refractivity contribution in [3.05, 3.63) is 40.9 Å². The zero-order valence-corrected chi connectivity index (χ0v) is 22.0. The van der Waals surface area contributed by atoms with Crippen LogP contribution in [0.3, 0.4) is 0 Å². The number of halogens is 2. The quantitative estimate of drug-likeness (QED) is 0.482. The zero-order valence-electron chi connectivity index (χ0n) is 21.2. The highest BCUT2D eigenvalue weighted by atomic mass is 35.5. The van der Waals surface area contributed by atoms with Crippen LogP contribution < -0.4 is 10.6 Å². The first-order chi connectivity index (χ1) is 17.0. The van der Waals surface area contributed by atoms with Gasteiger partial charge in [0.15, 0.2) is 5.82 Å². The molecular weight excluding hydrogens is 483 g/mol. The Hall–Kier alpha value is -3.20. The van der Waals surface area contributed by atoms with Gasteiger partial charge in [-0.05, 0) is 48.9 Å². The van der Waals surface area contributed by atoms with E-state index in [2.05, 4.69) is 20.7 Å². The minimum Gasteiger partial charge on any atom is -0.335 e. The molecule has 3 amide bonds. The van der Waals surface area contributed by atoms with Gasteiger partial charge in [0, 0.05) is 55.9 Å². The van der Waals surface area contributed by atoms with Gasteiger partial charge >= 0.3 is 6.03 Å². The zero-order chi connectivity index (χ0) is 26.1. The van der Waals surface area contributed by atoms with Gasteiger partial charge in [-0.15, -0.1) is 0 Å². The van der Waals surface area contributed by atoms with Crippen molar-refractivity contribution in [3.63, 3.8) is 0 Å². The van der Waals surface area contributed by atoms with Crippen LogP contribution in [0.15, 0.2) is 24.4 Å². The maximum atomic E-state index is 15.0. The van der Waals surface area contributed by atoms with Crippen molar-refractivity contribution < 1.29 is 14.0 Å². The Morgan fingerprint density at radius 1 is 1.22 bits per heavy atom. The van der Waals surface area contributed by atoms with Crippen molar-refractivity contribution in [2.75, 3.05) is 19.4 Å². The van der Waals surface area contributed by atoms with Gasteiger partial charge in [0.25, 0.3) is 0 Å². The van der Waals surface area contributed by atoms with E-state index in [1.807, 2.05) is 27.0 Å². The fourth-order valence-electron chi connectivity index (χ4n) is 4.93. The standard InChI is InChI=1S/C26H32ClFN6O2/c1-14(2)24-19-10-16(11-21(28)23(19)32-34(24)5)18-12-22(29-13-20(18)27)31-25(35)15-7-6-8-17(9-15)30-26(36)33(3)4/h10-15,17H,6-9H2,1-5H3,(H,30,36)(H,29,31,35). The van der Waals surface area contributed by atoms with Crippen molar-refractivity contribution in [2.24, 2.45) is 13.0 Å². The monoisotopic (exact) mass is 514 g/mol. The second-order valence-corrected chi connectivity index (χ2v) is 10.4. The van der Waals surface area contributed by atoms with E-state index in [1.54, 1.807) is 24.8 Å². The summed E-state index contributed by atoms with van der Waals surface area (Å²) in [6, 6.07) is 4.74. The molecule has 0 spiro atoms. The van der Waals surface area contributed by atoms with Crippen LogP contribution in [0, 0.1) is 11.7 Å². The molecule has 0 aliphatic heterocycles. The van der Waals surface area contributed by atoms with Gasteiger partial charge in [-0.2, -0.15) is 5.10 Å². The number of hydrogen-bond acceptors (Lipinski definition) is 4. The number of rotatable bonds is 5. The molecule has 2 N–H and O–H groups in total. The number of anilines is 1. The van der Waals surface area contributed by atoms with E-state index in [0.717, 1.165) is 30.3 Å². The SMILES string of the molecule is CC(C)c1c2cc(-c3cc(NC(=O)C4CCCC(NC(=O)N(C)C)C4)ncc3Cl)cc(F)c2nn1C. The fraction of sp³-hybridized carbons (Fsp3) is 0.462. The van der Waals surface area contributed by atoms with Crippen LogP contribution >= 0.6 is 11.6 Å². The molecule has 4 rings (SSSR count). The Morgan fingerprint density at radius 3 is 2.67 bits per heavy atom. The lowest BCUT2D eigenvalue weighted by molar-refractivity contribution is -0.121. The number of fused-ring (bicyclic) bond motifs is 1. The highest BCUT2D eigenvalue weighted by molar-refractivity contribution is 6.33. The van der Waals surface area contributed by atoms with Crippen LogP contribution in [-0.4, -0.2) is 51.7 Å². The molecule has 8 nitrogen and oxygen atoms in total. The van der Waals surface area contributed by atoms with E-state index in [0.29, 0.717) is 33.9 Å². The first-order valence-electron chi connectivity index (χ1n) is 12.2. The molecule has 2 unspecified atom stereocenters. The number of aryl methyl sites for hydroxylation is 1. The van der Waals surface area contributed by atoms with Gasteiger partial charge in [0.2, 0.25) is 5.91 Å². The van der Waals surface area contributed by atoms with Crippen molar-refractivity contribution in [2.45, 2.75) is 51.5 Å². The number of aromatic nitrogens is 3. The van der Waals surface area contributed by atoms with Crippen LogP contribution in [0.4, 0.5) is 15.0 Å². The molecule has 1 aliphatic carbocycles. The largest absolute Gasteiger partial charge is 0.335 e. The van der Waals surface area contributed by atoms with Crippen molar-refractivity contribution in [3.8, 4) is 11.1 Å². The molecule has 3 aromatic rings. The van der Waals surface area contributed by atoms with Crippen molar-refractivity contribution in [1.29, 1.82) is 0 Å². The number of hydrogen-bond donors (Lipinski definition) is 2. The molecule has 2 aromatic heterocycles. The molecule has 0 radical (unpaired) electrons. The summed E-state index contributed by atoms with van der Waals surface area (Å²) >= 11 is 6.46. The number of carbonyl (C=O) groups is 2. The molecule has 1 saturated carbocycles. The second kappa shape index (κ2) is 10.4. The van der Waals surface area contributed by atoms with E-state index in [1.165, 1.54) is 17.2 Å². The summed E-state index contributed by atoms with van der Waals surface area (Å²) in [5, 5.41) is 11.3. The molecule has 10 heteroatoms. The Labute approximate surface area is 215 Å². The predicted octanol–water partition coefficient (Wildman–Crippen LogP) is 5.32. The maximum absolute atomic E-state index is 15.0. The molecule has 1 aromatic carbocycles. The molecule has 1 fully saturated rings. The number of amides is 3. The molecular formula is C26H32ClFN6O2. The van der Waals surface area contributed by atoms with Crippen molar-refractivity contribution >= 4 is 40.3 Å². The topological polar surface area (TPSA) is 92.2 Å². The summed E-state index contributed by atoms with van der Waals surface area (Å²) in [5.41, 5.74) is 2.40. The Kier molecular flexibility index (Phi) is 7.49. The van der Waals surface area contributed by atoms with Crippen LogP contribution in [0.2, 0.25) is 5.02 Å². The summed E-state index contributed by atoms with van der Waals surface area (Å²) in [7, 11) is 5.19. The normalized spacial score (nSPS) is 17.9. The smallest absolute Gasteiger partial charge is 0.317 e. The third kappa shape index (κ3) is 5.31. The second-order valence-electron chi connectivity index (χ2n) is 9.96. The number of urea groups is 1. The Bertz CT molecular complexity index is 1310. The lowest BCUT2D eigenvalue weighted by atomic mass is 9.85. The lowest BCUT2D eigenvalue weighted by Crippen LogP contribution is -2.45. The summed E-state index contributed by atoms with van der Waals surface area (Å²) in [5.74, 6) is -0.342. The van der Waals surface area contributed by atoms with Crippen molar-refractivity contribution in [1.82, 2.24) is 25.0 Å². The Morgan fingerprint density at radius 2 is 1.97 bits per heavy atom. The molecule has 36 heavy (non-hydrogen) atoms. The van der Waals surface area contributed by atoms with Gasteiger partial charge in [-0.25, -0.2) is 14.2 Å².